The van der Waals surface area contributed by atoms with Crippen LogP contribution >= 0.6 is 0 Å². The molecule has 2 nitrogen and oxygen atoms in total. The van der Waals surface area contributed by atoms with Crippen LogP contribution in [0.1, 0.15) is 50.8 Å². The first-order valence-electron chi connectivity index (χ1n) is 7.89. The van der Waals surface area contributed by atoms with Gasteiger partial charge in [-0.1, -0.05) is 38.1 Å². The Hall–Kier alpha value is -0.860. The first kappa shape index (κ1) is 15.5. The van der Waals surface area contributed by atoms with Gasteiger partial charge in [0.15, 0.2) is 0 Å². The van der Waals surface area contributed by atoms with Crippen LogP contribution in [0.25, 0.3) is 0 Å². The predicted molar refractivity (Wildman–Crippen MR) is 87.1 cm³/mol. The Labute approximate surface area is 124 Å². The van der Waals surface area contributed by atoms with Gasteiger partial charge in [-0.15, -0.1) is 0 Å². The lowest BCUT2D eigenvalue weighted by molar-refractivity contribution is 0.190. The van der Waals surface area contributed by atoms with Crippen LogP contribution in [0.4, 0.5) is 0 Å². The molecule has 0 aromatic heterocycles. The second-order valence-electron chi connectivity index (χ2n) is 7.28. The fourth-order valence-corrected chi connectivity index (χ4v) is 3.20. The maximum Gasteiger partial charge on any atom is 0.0376 e. The zero-order valence-corrected chi connectivity index (χ0v) is 13.7. The predicted octanol–water partition coefficient (Wildman–Crippen LogP) is 3.63. The molecule has 0 saturated heterocycles. The second-order valence-corrected chi connectivity index (χ2v) is 7.28. The van der Waals surface area contributed by atoms with Gasteiger partial charge in [-0.05, 0) is 63.4 Å². The number of fused-ring (bicyclic) bond motifs is 1. The zero-order valence-electron chi connectivity index (χ0n) is 13.7. The molecule has 112 valence electrons. The molecule has 0 fully saturated rings. The Bertz CT molecular complexity index is 437. The fourth-order valence-electron chi connectivity index (χ4n) is 3.20. The van der Waals surface area contributed by atoms with Gasteiger partial charge in [0, 0.05) is 12.1 Å². The number of hydrogen-bond donors (Lipinski definition) is 1. The number of rotatable bonds is 5. The van der Waals surface area contributed by atoms with E-state index in [1.54, 1.807) is 0 Å². The van der Waals surface area contributed by atoms with Crippen molar-refractivity contribution in [3.8, 4) is 0 Å². The quantitative estimate of drug-likeness (QED) is 0.882. The SMILES string of the molecule is CC(CCN(C)C)NC1c2ccccc2CCC1(C)C. The summed E-state index contributed by atoms with van der Waals surface area (Å²) < 4.78 is 0. The van der Waals surface area contributed by atoms with Crippen LogP contribution < -0.4 is 5.32 Å². The van der Waals surface area contributed by atoms with Crippen LogP contribution in [0, 0.1) is 5.41 Å². The summed E-state index contributed by atoms with van der Waals surface area (Å²) in [4.78, 5) is 2.26. The molecule has 0 saturated carbocycles. The molecule has 1 N–H and O–H groups in total. The molecule has 0 aliphatic heterocycles. The van der Waals surface area contributed by atoms with E-state index < -0.39 is 0 Å². The molecule has 2 heteroatoms. The van der Waals surface area contributed by atoms with Crippen molar-refractivity contribution < 1.29 is 0 Å². The van der Waals surface area contributed by atoms with Gasteiger partial charge in [0.1, 0.15) is 0 Å². The first-order chi connectivity index (χ1) is 9.40. The lowest BCUT2D eigenvalue weighted by Gasteiger charge is -2.42. The Kier molecular flexibility index (Phi) is 4.87. The Balaban J connectivity index is 2.11. The third-order valence-electron chi connectivity index (χ3n) is 4.65. The van der Waals surface area contributed by atoms with E-state index in [0.717, 1.165) is 6.54 Å². The summed E-state index contributed by atoms with van der Waals surface area (Å²) >= 11 is 0. The molecule has 1 aromatic carbocycles. The van der Waals surface area contributed by atoms with Crippen LogP contribution in [0.2, 0.25) is 0 Å². The highest BCUT2D eigenvalue weighted by Gasteiger charge is 2.36. The van der Waals surface area contributed by atoms with Crippen LogP contribution in [0.5, 0.6) is 0 Å². The first-order valence-corrected chi connectivity index (χ1v) is 7.89. The highest BCUT2D eigenvalue weighted by atomic mass is 15.1. The monoisotopic (exact) mass is 274 g/mol. The minimum Gasteiger partial charge on any atom is -0.309 e. The van der Waals surface area contributed by atoms with Gasteiger partial charge in [0.05, 0.1) is 0 Å². The standard InChI is InChI=1S/C18H30N2/c1-14(11-13-20(4)5)19-17-16-9-7-6-8-15(16)10-12-18(17,2)3/h6-9,14,17,19H,10-13H2,1-5H3. The van der Waals surface area contributed by atoms with E-state index in [4.69, 9.17) is 0 Å². The topological polar surface area (TPSA) is 15.3 Å². The van der Waals surface area contributed by atoms with E-state index in [1.807, 2.05) is 0 Å². The van der Waals surface area contributed by atoms with Crippen molar-refractivity contribution in [3.05, 3.63) is 35.4 Å². The van der Waals surface area contributed by atoms with E-state index in [1.165, 1.54) is 30.4 Å². The van der Waals surface area contributed by atoms with Crippen molar-refractivity contribution in [1.82, 2.24) is 10.2 Å². The Morgan fingerprint density at radius 2 is 2.00 bits per heavy atom. The molecule has 2 rings (SSSR count). The van der Waals surface area contributed by atoms with Gasteiger partial charge in [-0.3, -0.25) is 0 Å². The van der Waals surface area contributed by atoms with E-state index in [0.29, 0.717) is 17.5 Å². The van der Waals surface area contributed by atoms with Gasteiger partial charge in [-0.2, -0.15) is 0 Å². The van der Waals surface area contributed by atoms with Crippen LogP contribution in [-0.2, 0) is 6.42 Å². The molecule has 2 atom stereocenters. The highest BCUT2D eigenvalue weighted by Crippen LogP contribution is 2.43. The van der Waals surface area contributed by atoms with Crippen molar-refractivity contribution in [3.63, 3.8) is 0 Å². The van der Waals surface area contributed by atoms with Crippen LogP contribution in [0.15, 0.2) is 24.3 Å². The van der Waals surface area contributed by atoms with E-state index in [-0.39, 0.29) is 0 Å². The molecular weight excluding hydrogens is 244 g/mol. The summed E-state index contributed by atoms with van der Waals surface area (Å²) in [6, 6.07) is 9.98. The minimum absolute atomic E-state index is 0.334. The largest absolute Gasteiger partial charge is 0.309 e. The number of nitrogens with zero attached hydrogens (tertiary/aromatic N) is 1. The Morgan fingerprint density at radius 3 is 2.70 bits per heavy atom. The molecule has 20 heavy (non-hydrogen) atoms. The van der Waals surface area contributed by atoms with E-state index >= 15 is 0 Å². The van der Waals surface area contributed by atoms with Gasteiger partial charge in [-0.25, -0.2) is 0 Å². The van der Waals surface area contributed by atoms with E-state index in [9.17, 15) is 0 Å². The molecule has 0 heterocycles. The summed E-state index contributed by atoms with van der Waals surface area (Å²) in [7, 11) is 4.29. The van der Waals surface area contributed by atoms with Crippen molar-refractivity contribution in [2.45, 2.75) is 52.1 Å². The summed E-state index contributed by atoms with van der Waals surface area (Å²) in [5.74, 6) is 0. The molecule has 0 amide bonds. The number of aryl methyl sites for hydroxylation is 1. The third kappa shape index (κ3) is 3.62. The van der Waals surface area contributed by atoms with Gasteiger partial charge in [0.2, 0.25) is 0 Å². The normalized spacial score (nSPS) is 22.6. The van der Waals surface area contributed by atoms with Crippen LogP contribution in [-0.4, -0.2) is 31.6 Å². The van der Waals surface area contributed by atoms with E-state index in [2.05, 4.69) is 69.3 Å². The van der Waals surface area contributed by atoms with Crippen molar-refractivity contribution >= 4 is 0 Å². The van der Waals surface area contributed by atoms with Crippen molar-refractivity contribution in [2.75, 3.05) is 20.6 Å². The summed E-state index contributed by atoms with van der Waals surface area (Å²) in [6.07, 6.45) is 3.68. The smallest absolute Gasteiger partial charge is 0.0376 e. The Morgan fingerprint density at radius 1 is 1.30 bits per heavy atom. The maximum absolute atomic E-state index is 3.89. The number of benzene rings is 1. The van der Waals surface area contributed by atoms with Crippen molar-refractivity contribution in [1.29, 1.82) is 0 Å². The maximum atomic E-state index is 3.89. The molecule has 0 spiro atoms. The average molecular weight is 274 g/mol. The van der Waals surface area contributed by atoms with Crippen molar-refractivity contribution in [2.24, 2.45) is 5.41 Å². The molecule has 2 unspecified atom stereocenters. The second kappa shape index (κ2) is 6.28. The molecule has 0 radical (unpaired) electrons. The molecule has 0 bridgehead atoms. The van der Waals surface area contributed by atoms with Crippen LogP contribution in [0.3, 0.4) is 0 Å². The summed E-state index contributed by atoms with van der Waals surface area (Å²) in [5.41, 5.74) is 3.38. The lowest BCUT2D eigenvalue weighted by Crippen LogP contribution is -2.42. The summed E-state index contributed by atoms with van der Waals surface area (Å²) in [6.45, 7) is 8.26. The fraction of sp³-hybridized carbons (Fsp3) is 0.667. The number of nitrogens with one attached hydrogen (secondary N) is 1. The molecule has 1 aromatic rings. The third-order valence-corrected chi connectivity index (χ3v) is 4.65. The number of hydrogen-bond acceptors (Lipinski definition) is 2. The molecule has 1 aliphatic rings. The molecule has 1 aliphatic carbocycles. The highest BCUT2D eigenvalue weighted by molar-refractivity contribution is 5.34. The zero-order chi connectivity index (χ0) is 14.8. The van der Waals surface area contributed by atoms with Gasteiger partial charge >= 0.3 is 0 Å². The van der Waals surface area contributed by atoms with Gasteiger partial charge in [0.25, 0.3) is 0 Å². The van der Waals surface area contributed by atoms with Gasteiger partial charge < -0.3 is 10.2 Å². The lowest BCUT2D eigenvalue weighted by atomic mass is 9.70. The summed E-state index contributed by atoms with van der Waals surface area (Å²) in [5, 5.41) is 3.89. The molecular formula is C18H30N2. The average Bonchev–Trinajstić information content (AvgIpc) is 2.40. The minimum atomic E-state index is 0.334.